The molecular weight excluding hydrogens is 434 g/mol. The second kappa shape index (κ2) is 10.6. The number of carbonyl (C=O) groups excluding carboxylic acids is 1. The maximum Gasteiger partial charge on any atom is 0.262 e. The van der Waals surface area contributed by atoms with Gasteiger partial charge in [0.25, 0.3) is 5.56 Å². The topological polar surface area (TPSA) is 73.2 Å². The van der Waals surface area contributed by atoms with Crippen LogP contribution in [0.5, 0.6) is 0 Å². The number of rotatable bonds is 9. The van der Waals surface area contributed by atoms with Crippen LogP contribution in [-0.2, 0) is 16.1 Å². The maximum atomic E-state index is 13.1. The summed E-state index contributed by atoms with van der Waals surface area (Å²) in [6.07, 6.45) is 0.830. The highest BCUT2D eigenvalue weighted by molar-refractivity contribution is 7.99. The Balaban J connectivity index is 1.52. The number of hydrogen-bond donors (Lipinski definition) is 1. The molecule has 1 N–H and O–H groups in total. The van der Waals surface area contributed by atoms with Crippen molar-refractivity contribution in [2.24, 2.45) is 0 Å². The van der Waals surface area contributed by atoms with Gasteiger partial charge >= 0.3 is 0 Å². The van der Waals surface area contributed by atoms with E-state index in [0.717, 1.165) is 16.5 Å². The summed E-state index contributed by atoms with van der Waals surface area (Å²) >= 11 is 1.27. The first-order chi connectivity index (χ1) is 16.0. The summed E-state index contributed by atoms with van der Waals surface area (Å²) in [4.78, 5) is 30.6. The van der Waals surface area contributed by atoms with Gasteiger partial charge in [-0.25, -0.2) is 4.98 Å². The molecule has 0 fully saturated rings. The predicted molar refractivity (Wildman–Crippen MR) is 135 cm³/mol. The Hall–Kier alpha value is -3.16. The van der Waals surface area contributed by atoms with Crippen LogP contribution < -0.4 is 10.9 Å². The van der Waals surface area contributed by atoms with Gasteiger partial charge in [-0.3, -0.25) is 14.2 Å². The Bertz CT molecular complexity index is 1330. The highest BCUT2D eigenvalue weighted by atomic mass is 32.2. The minimum Gasteiger partial charge on any atom is -0.379 e. The zero-order valence-electron chi connectivity index (χ0n) is 18.8. The normalized spacial score (nSPS) is 11.4. The second-order valence-electron chi connectivity index (χ2n) is 8.00. The first-order valence-corrected chi connectivity index (χ1v) is 12.0. The molecule has 0 radical (unpaired) electrons. The molecule has 1 aromatic heterocycles. The van der Waals surface area contributed by atoms with E-state index in [-0.39, 0.29) is 23.3 Å². The lowest BCUT2D eigenvalue weighted by atomic mass is 10.1. The van der Waals surface area contributed by atoms with Crippen LogP contribution in [0.4, 0.5) is 5.69 Å². The minimum absolute atomic E-state index is 0.0953. The largest absolute Gasteiger partial charge is 0.379 e. The van der Waals surface area contributed by atoms with Crippen LogP contribution in [0.1, 0.15) is 20.3 Å². The molecule has 0 spiro atoms. The number of nitrogens with one attached hydrogen (secondary N) is 1. The van der Waals surface area contributed by atoms with Crippen LogP contribution >= 0.6 is 11.8 Å². The van der Waals surface area contributed by atoms with Gasteiger partial charge in [0.15, 0.2) is 5.16 Å². The van der Waals surface area contributed by atoms with E-state index in [1.54, 1.807) is 10.6 Å². The van der Waals surface area contributed by atoms with Crippen molar-refractivity contribution in [1.29, 1.82) is 0 Å². The molecule has 0 aliphatic heterocycles. The fourth-order valence-corrected chi connectivity index (χ4v) is 4.47. The fraction of sp³-hybridized carbons (Fsp3) is 0.269. The molecule has 0 aliphatic carbocycles. The molecule has 0 unspecified atom stereocenters. The van der Waals surface area contributed by atoms with Crippen molar-refractivity contribution < 1.29 is 9.53 Å². The number of carbonyl (C=O) groups is 1. The molecule has 1 amide bonds. The number of anilines is 1. The van der Waals surface area contributed by atoms with Gasteiger partial charge in [0.05, 0.1) is 22.8 Å². The molecule has 0 bridgehead atoms. The second-order valence-corrected chi connectivity index (χ2v) is 8.95. The number of nitrogens with zero attached hydrogens (tertiary/aromatic N) is 2. The SMILES string of the molecule is CC(C)OCCCn1c(SCC(=O)Nc2cccc3ccccc23)nc2ccccc2c1=O. The fourth-order valence-electron chi connectivity index (χ4n) is 3.65. The molecule has 0 atom stereocenters. The molecule has 1 heterocycles. The van der Waals surface area contributed by atoms with Crippen molar-refractivity contribution in [1.82, 2.24) is 9.55 Å². The Morgan fingerprint density at radius 3 is 2.58 bits per heavy atom. The molecule has 0 aliphatic rings. The van der Waals surface area contributed by atoms with Gasteiger partial charge in [-0.1, -0.05) is 60.3 Å². The Labute approximate surface area is 197 Å². The van der Waals surface area contributed by atoms with Crippen LogP contribution in [0.3, 0.4) is 0 Å². The lowest BCUT2D eigenvalue weighted by Crippen LogP contribution is -2.25. The molecule has 0 saturated heterocycles. The van der Waals surface area contributed by atoms with Crippen molar-refractivity contribution >= 4 is 45.0 Å². The van der Waals surface area contributed by atoms with Gasteiger partial charge < -0.3 is 10.1 Å². The Morgan fingerprint density at radius 2 is 1.76 bits per heavy atom. The maximum absolute atomic E-state index is 13.1. The number of ether oxygens (including phenoxy) is 1. The molecule has 0 saturated carbocycles. The molecular formula is C26H27N3O3S. The van der Waals surface area contributed by atoms with Crippen molar-refractivity contribution in [3.63, 3.8) is 0 Å². The molecule has 170 valence electrons. The zero-order valence-corrected chi connectivity index (χ0v) is 19.6. The summed E-state index contributed by atoms with van der Waals surface area (Å²) in [5, 5.41) is 6.17. The van der Waals surface area contributed by atoms with Gasteiger partial charge in [0.1, 0.15) is 0 Å². The molecule has 33 heavy (non-hydrogen) atoms. The van der Waals surface area contributed by atoms with Gasteiger partial charge in [-0.05, 0) is 43.9 Å². The van der Waals surface area contributed by atoms with Gasteiger partial charge in [-0.2, -0.15) is 0 Å². The van der Waals surface area contributed by atoms with E-state index < -0.39 is 0 Å². The third-order valence-electron chi connectivity index (χ3n) is 5.20. The van der Waals surface area contributed by atoms with E-state index in [0.29, 0.717) is 35.6 Å². The number of amides is 1. The third-order valence-corrected chi connectivity index (χ3v) is 6.18. The minimum atomic E-state index is -0.145. The average Bonchev–Trinajstić information content (AvgIpc) is 2.82. The number of para-hydroxylation sites is 1. The van der Waals surface area contributed by atoms with Crippen LogP contribution in [-0.4, -0.2) is 33.9 Å². The summed E-state index contributed by atoms with van der Waals surface area (Å²) in [5.41, 5.74) is 1.31. The van der Waals surface area contributed by atoms with Crippen molar-refractivity contribution in [3.05, 3.63) is 77.1 Å². The molecule has 6 nitrogen and oxygen atoms in total. The predicted octanol–water partition coefficient (Wildman–Crippen LogP) is 5.10. The highest BCUT2D eigenvalue weighted by Crippen LogP contribution is 2.24. The summed E-state index contributed by atoms with van der Waals surface area (Å²) in [7, 11) is 0. The lowest BCUT2D eigenvalue weighted by molar-refractivity contribution is -0.113. The zero-order chi connectivity index (χ0) is 23.2. The van der Waals surface area contributed by atoms with Crippen molar-refractivity contribution in [2.45, 2.75) is 38.1 Å². The summed E-state index contributed by atoms with van der Waals surface area (Å²) in [6, 6.07) is 21.1. The summed E-state index contributed by atoms with van der Waals surface area (Å²) in [6.45, 7) is 5.01. The van der Waals surface area contributed by atoms with Crippen molar-refractivity contribution in [3.8, 4) is 0 Å². The lowest BCUT2D eigenvalue weighted by Gasteiger charge is -2.14. The third kappa shape index (κ3) is 5.61. The van der Waals surface area contributed by atoms with Gasteiger partial charge in [0.2, 0.25) is 5.91 Å². The van der Waals surface area contributed by atoms with Crippen LogP contribution in [0, 0.1) is 0 Å². The summed E-state index contributed by atoms with van der Waals surface area (Å²) in [5.74, 6) is 0.00435. The Kier molecular flexibility index (Phi) is 7.42. The van der Waals surface area contributed by atoms with E-state index in [2.05, 4.69) is 10.3 Å². The monoisotopic (exact) mass is 461 g/mol. The number of benzene rings is 3. The molecule has 4 aromatic rings. The van der Waals surface area contributed by atoms with E-state index in [9.17, 15) is 9.59 Å². The first kappa shape index (κ1) is 23.0. The Morgan fingerprint density at radius 1 is 1.03 bits per heavy atom. The smallest absolute Gasteiger partial charge is 0.262 e. The molecule has 4 rings (SSSR count). The van der Waals surface area contributed by atoms with E-state index >= 15 is 0 Å². The molecule has 7 heteroatoms. The van der Waals surface area contributed by atoms with Crippen LogP contribution in [0.15, 0.2) is 76.7 Å². The van der Waals surface area contributed by atoms with Crippen LogP contribution in [0.2, 0.25) is 0 Å². The quantitative estimate of drug-likeness (QED) is 0.213. The average molecular weight is 462 g/mol. The van der Waals surface area contributed by atoms with Crippen LogP contribution in [0.25, 0.3) is 21.7 Å². The number of fused-ring (bicyclic) bond motifs is 2. The van der Waals surface area contributed by atoms with Crippen molar-refractivity contribution in [2.75, 3.05) is 17.7 Å². The van der Waals surface area contributed by atoms with E-state index in [1.807, 2.05) is 74.5 Å². The van der Waals surface area contributed by atoms with Gasteiger partial charge in [-0.15, -0.1) is 0 Å². The number of hydrogen-bond acceptors (Lipinski definition) is 5. The number of aromatic nitrogens is 2. The van der Waals surface area contributed by atoms with E-state index in [4.69, 9.17) is 4.74 Å². The summed E-state index contributed by atoms with van der Waals surface area (Å²) < 4.78 is 7.28. The standard InChI is InChI=1S/C26H27N3O3S/c1-18(2)32-16-8-15-29-25(31)21-12-5-6-13-23(21)28-26(29)33-17-24(30)27-22-14-7-10-19-9-3-4-11-20(19)22/h3-7,9-14,18H,8,15-17H2,1-2H3,(H,27,30). The van der Waals surface area contributed by atoms with E-state index in [1.165, 1.54) is 11.8 Å². The molecule has 3 aromatic carbocycles. The first-order valence-electron chi connectivity index (χ1n) is 11.0. The highest BCUT2D eigenvalue weighted by Gasteiger charge is 2.14. The number of thioether (sulfide) groups is 1. The van der Waals surface area contributed by atoms with Gasteiger partial charge in [0, 0.05) is 24.2 Å².